The van der Waals surface area contributed by atoms with E-state index in [2.05, 4.69) is 0 Å². The summed E-state index contributed by atoms with van der Waals surface area (Å²) in [6.45, 7) is 8.03. The minimum Gasteiger partial charge on any atom is -0.206 e. The molecule has 0 unspecified atom stereocenters. The van der Waals surface area contributed by atoms with Crippen LogP contribution in [0.2, 0.25) is 0 Å². The van der Waals surface area contributed by atoms with Crippen molar-refractivity contribution in [1.82, 2.24) is 0 Å². The van der Waals surface area contributed by atoms with E-state index in [-0.39, 0.29) is 5.82 Å². The van der Waals surface area contributed by atoms with E-state index in [1.807, 2.05) is 101 Å². The highest BCUT2D eigenvalue weighted by Gasteiger charge is 2.07. The van der Waals surface area contributed by atoms with Gasteiger partial charge in [-0.2, -0.15) is 0 Å². The molecule has 0 heterocycles. The Morgan fingerprint density at radius 1 is 0.720 bits per heavy atom. The average molecular weight is 332 g/mol. The molecular weight excluding hydrogens is 307 g/mol. The van der Waals surface area contributed by atoms with Crippen molar-refractivity contribution in [2.45, 2.75) is 27.7 Å². The van der Waals surface area contributed by atoms with Crippen LogP contribution >= 0.6 is 0 Å². The van der Waals surface area contributed by atoms with Gasteiger partial charge in [0.1, 0.15) is 5.82 Å². The summed E-state index contributed by atoms with van der Waals surface area (Å²) in [5.41, 5.74) is 5.78. The molecule has 1 heteroatoms. The van der Waals surface area contributed by atoms with Gasteiger partial charge in [0.2, 0.25) is 0 Å². The minimum atomic E-state index is -0.193. The minimum absolute atomic E-state index is 0.193. The van der Waals surface area contributed by atoms with Gasteiger partial charge in [-0.05, 0) is 42.2 Å². The maximum atomic E-state index is 14.5. The van der Waals surface area contributed by atoms with Crippen LogP contribution in [0.1, 0.15) is 31.9 Å². The van der Waals surface area contributed by atoms with E-state index in [9.17, 15) is 4.39 Å². The molecule has 0 saturated heterocycles. The zero-order valence-electron chi connectivity index (χ0n) is 15.4. The first kappa shape index (κ1) is 18.7. The number of halogens is 1. The van der Waals surface area contributed by atoms with Crippen LogP contribution in [0.25, 0.3) is 28.3 Å². The molecule has 0 radical (unpaired) electrons. The van der Waals surface area contributed by atoms with Crippen LogP contribution in [-0.2, 0) is 0 Å². The summed E-state index contributed by atoms with van der Waals surface area (Å²) in [7, 11) is 0. The Bertz CT molecular complexity index is 825. The fourth-order valence-electron chi connectivity index (χ4n) is 2.64. The Morgan fingerprint density at radius 3 is 1.84 bits per heavy atom. The molecule has 3 aromatic rings. The quantitative estimate of drug-likeness (QED) is 0.465. The highest BCUT2D eigenvalue weighted by atomic mass is 19.1. The van der Waals surface area contributed by atoms with Crippen LogP contribution in [0.4, 0.5) is 4.39 Å². The van der Waals surface area contributed by atoms with E-state index in [4.69, 9.17) is 0 Å². The average Bonchev–Trinajstić information content (AvgIpc) is 2.65. The zero-order chi connectivity index (χ0) is 18.2. The fourth-order valence-corrected chi connectivity index (χ4v) is 2.64. The maximum absolute atomic E-state index is 14.5. The van der Waals surface area contributed by atoms with Crippen molar-refractivity contribution in [2.24, 2.45) is 0 Å². The maximum Gasteiger partial charge on any atom is 0.131 e. The molecule has 0 saturated carbocycles. The molecule has 0 N–H and O–H groups in total. The van der Waals surface area contributed by atoms with E-state index in [1.54, 1.807) is 6.07 Å². The molecule has 0 atom stereocenters. The normalized spacial score (nSPS) is 10.4. The van der Waals surface area contributed by atoms with E-state index < -0.39 is 0 Å². The van der Waals surface area contributed by atoms with Gasteiger partial charge in [0.15, 0.2) is 0 Å². The van der Waals surface area contributed by atoms with Crippen LogP contribution in [0, 0.1) is 12.7 Å². The number of hydrogen-bond donors (Lipinski definition) is 0. The Labute approximate surface area is 150 Å². The number of rotatable bonds is 3. The molecule has 0 bridgehead atoms. The van der Waals surface area contributed by atoms with Gasteiger partial charge in [0, 0.05) is 5.56 Å². The monoisotopic (exact) mass is 332 g/mol. The molecule has 3 aromatic carbocycles. The summed E-state index contributed by atoms with van der Waals surface area (Å²) >= 11 is 0. The predicted molar refractivity (Wildman–Crippen MR) is 108 cm³/mol. The fraction of sp³-hybridized carbons (Fsp3) is 0.167. The first-order valence-electron chi connectivity index (χ1n) is 8.77. The summed E-state index contributed by atoms with van der Waals surface area (Å²) < 4.78 is 14.5. The van der Waals surface area contributed by atoms with Crippen molar-refractivity contribution in [2.75, 3.05) is 0 Å². The van der Waals surface area contributed by atoms with E-state index in [0.29, 0.717) is 5.56 Å². The SMILES string of the molecule is CC.CC=Cc1ccc(-c2ccc(-c3ccc(C)cc3)cc2F)cc1. The standard InChI is InChI=1S/C22H19F.C2H6/c1-3-4-17-7-11-19(12-8-17)21-14-13-20(15-22(21)23)18-9-5-16(2)6-10-18;1-2/h3-15H,1-2H3;1-2H3. The highest BCUT2D eigenvalue weighted by molar-refractivity contribution is 5.72. The lowest BCUT2D eigenvalue weighted by Crippen LogP contribution is -1.87. The van der Waals surface area contributed by atoms with E-state index in [1.165, 1.54) is 5.56 Å². The van der Waals surface area contributed by atoms with Crippen LogP contribution in [0.3, 0.4) is 0 Å². The lowest BCUT2D eigenvalue weighted by molar-refractivity contribution is 0.632. The first-order chi connectivity index (χ1) is 12.2. The van der Waals surface area contributed by atoms with Gasteiger partial charge in [0.25, 0.3) is 0 Å². The lowest BCUT2D eigenvalue weighted by atomic mass is 9.98. The molecule has 0 aliphatic carbocycles. The van der Waals surface area contributed by atoms with Gasteiger partial charge >= 0.3 is 0 Å². The third kappa shape index (κ3) is 4.67. The summed E-state index contributed by atoms with van der Waals surface area (Å²) in [4.78, 5) is 0. The van der Waals surface area contributed by atoms with Gasteiger partial charge in [-0.25, -0.2) is 4.39 Å². The number of hydrogen-bond acceptors (Lipinski definition) is 0. The third-order valence-electron chi connectivity index (χ3n) is 3.93. The Hall–Kier alpha value is -2.67. The van der Waals surface area contributed by atoms with Gasteiger partial charge in [0.05, 0.1) is 0 Å². The summed E-state index contributed by atoms with van der Waals surface area (Å²) in [5.74, 6) is -0.193. The first-order valence-corrected chi connectivity index (χ1v) is 8.77. The van der Waals surface area contributed by atoms with Gasteiger partial charge in [-0.3, -0.25) is 0 Å². The largest absolute Gasteiger partial charge is 0.206 e. The van der Waals surface area contributed by atoms with E-state index >= 15 is 0 Å². The number of benzene rings is 3. The molecule has 0 aliphatic rings. The summed E-state index contributed by atoms with van der Waals surface area (Å²) in [6, 6.07) is 21.5. The van der Waals surface area contributed by atoms with Crippen LogP contribution in [-0.4, -0.2) is 0 Å². The number of aryl methyl sites for hydroxylation is 1. The Morgan fingerprint density at radius 2 is 1.28 bits per heavy atom. The summed E-state index contributed by atoms with van der Waals surface area (Å²) in [5, 5.41) is 0. The van der Waals surface area contributed by atoms with Crippen molar-refractivity contribution in [3.63, 3.8) is 0 Å². The molecule has 128 valence electrons. The topological polar surface area (TPSA) is 0 Å². The van der Waals surface area contributed by atoms with Crippen LogP contribution in [0.15, 0.2) is 72.8 Å². The predicted octanol–water partition coefficient (Wildman–Crippen LogP) is 7.53. The summed E-state index contributed by atoms with van der Waals surface area (Å²) in [6.07, 6.45) is 4.02. The molecule has 0 spiro atoms. The lowest BCUT2D eigenvalue weighted by Gasteiger charge is -2.08. The van der Waals surface area contributed by atoms with Gasteiger partial charge in [-0.15, -0.1) is 0 Å². The Balaban J connectivity index is 0.00000109. The van der Waals surface area contributed by atoms with Crippen molar-refractivity contribution in [1.29, 1.82) is 0 Å². The van der Waals surface area contributed by atoms with Gasteiger partial charge in [-0.1, -0.05) is 92.2 Å². The van der Waals surface area contributed by atoms with Crippen molar-refractivity contribution < 1.29 is 4.39 Å². The van der Waals surface area contributed by atoms with Crippen LogP contribution in [0.5, 0.6) is 0 Å². The zero-order valence-corrected chi connectivity index (χ0v) is 15.4. The highest BCUT2D eigenvalue weighted by Crippen LogP contribution is 2.28. The molecule has 0 nitrogen and oxygen atoms in total. The molecule has 0 aromatic heterocycles. The second-order valence-electron chi connectivity index (χ2n) is 5.68. The second kappa shape index (κ2) is 8.98. The Kier molecular flexibility index (Phi) is 6.71. The molecule has 25 heavy (non-hydrogen) atoms. The molecule has 3 rings (SSSR count). The van der Waals surface area contributed by atoms with E-state index in [0.717, 1.165) is 22.3 Å². The second-order valence-corrected chi connectivity index (χ2v) is 5.68. The smallest absolute Gasteiger partial charge is 0.131 e. The molecule has 0 aliphatic heterocycles. The van der Waals surface area contributed by atoms with Crippen LogP contribution < -0.4 is 0 Å². The van der Waals surface area contributed by atoms with Crippen molar-refractivity contribution in [3.8, 4) is 22.3 Å². The third-order valence-corrected chi connectivity index (χ3v) is 3.93. The molecule has 0 amide bonds. The van der Waals surface area contributed by atoms with Crippen molar-refractivity contribution in [3.05, 3.63) is 89.8 Å². The van der Waals surface area contributed by atoms with Crippen molar-refractivity contribution >= 4 is 6.08 Å². The van der Waals surface area contributed by atoms with Gasteiger partial charge < -0.3 is 0 Å². The molecule has 0 fully saturated rings. The number of allylic oxidation sites excluding steroid dienone is 1. The molecular formula is C24H25F.